The Morgan fingerprint density at radius 3 is 2.84 bits per heavy atom. The molecule has 1 N–H and O–H groups in total. The summed E-state index contributed by atoms with van der Waals surface area (Å²) in [6.07, 6.45) is 1.14. The summed E-state index contributed by atoms with van der Waals surface area (Å²) in [5, 5.41) is 9.48. The lowest BCUT2D eigenvalue weighted by Crippen LogP contribution is -2.51. The number of benzene rings is 1. The predicted octanol–water partition coefficient (Wildman–Crippen LogP) is 1.73. The van der Waals surface area contributed by atoms with Gasteiger partial charge < -0.3 is 14.7 Å². The second-order valence-electron chi connectivity index (χ2n) is 4.82. The smallest absolute Gasteiger partial charge is 0.222 e. The van der Waals surface area contributed by atoms with E-state index < -0.39 is 0 Å². The van der Waals surface area contributed by atoms with Crippen LogP contribution in [0, 0.1) is 5.92 Å². The number of aliphatic hydroxyl groups is 1. The van der Waals surface area contributed by atoms with E-state index in [-0.39, 0.29) is 18.4 Å². The number of aliphatic hydroxyl groups excluding tert-OH is 1. The average Bonchev–Trinajstić information content (AvgIpc) is 2.35. The van der Waals surface area contributed by atoms with Gasteiger partial charge in [-0.2, -0.15) is 0 Å². The second kappa shape index (κ2) is 6.26. The van der Waals surface area contributed by atoms with E-state index in [0.717, 1.165) is 5.56 Å². The number of likely N-dealkylation sites (tertiary alicyclic amines) is 1. The minimum absolute atomic E-state index is 0.136. The van der Waals surface area contributed by atoms with Gasteiger partial charge in [0.25, 0.3) is 0 Å². The molecule has 0 spiro atoms. The number of amides is 1. The van der Waals surface area contributed by atoms with Crippen molar-refractivity contribution in [3.63, 3.8) is 0 Å². The van der Waals surface area contributed by atoms with Gasteiger partial charge in [-0.05, 0) is 24.1 Å². The van der Waals surface area contributed by atoms with Gasteiger partial charge in [-0.3, -0.25) is 4.79 Å². The first-order valence-electron chi connectivity index (χ1n) is 6.35. The number of nitrogens with zero attached hydrogens (tertiary/aromatic N) is 1. The molecular weight excluding hydrogens is 266 g/mol. The number of rotatable bonds is 5. The van der Waals surface area contributed by atoms with Crippen LogP contribution in [-0.2, 0) is 11.2 Å². The number of aryl methyl sites for hydroxylation is 1. The minimum Gasteiger partial charge on any atom is -0.495 e. The lowest BCUT2D eigenvalue weighted by atomic mass is 10.00. The van der Waals surface area contributed by atoms with Crippen molar-refractivity contribution in [2.75, 3.05) is 26.8 Å². The van der Waals surface area contributed by atoms with Crippen LogP contribution in [0.15, 0.2) is 18.2 Å². The monoisotopic (exact) mass is 283 g/mol. The second-order valence-corrected chi connectivity index (χ2v) is 5.22. The molecule has 19 heavy (non-hydrogen) atoms. The molecule has 1 aliphatic heterocycles. The fourth-order valence-electron chi connectivity index (χ4n) is 2.16. The van der Waals surface area contributed by atoms with Crippen LogP contribution in [-0.4, -0.2) is 42.7 Å². The highest BCUT2D eigenvalue weighted by Gasteiger charge is 2.29. The van der Waals surface area contributed by atoms with Crippen LogP contribution >= 0.6 is 11.6 Å². The molecule has 1 saturated heterocycles. The average molecular weight is 284 g/mol. The molecule has 1 amide bonds. The van der Waals surface area contributed by atoms with Crippen LogP contribution in [0.1, 0.15) is 12.0 Å². The SMILES string of the molecule is COc1ccc(CCC(=O)N2CC(CO)C2)cc1Cl. The summed E-state index contributed by atoms with van der Waals surface area (Å²) in [7, 11) is 1.58. The number of hydrogen-bond donors (Lipinski definition) is 1. The fraction of sp³-hybridized carbons (Fsp3) is 0.500. The number of methoxy groups -OCH3 is 1. The van der Waals surface area contributed by atoms with Gasteiger partial charge in [0, 0.05) is 32.0 Å². The highest BCUT2D eigenvalue weighted by Crippen LogP contribution is 2.25. The maximum absolute atomic E-state index is 11.9. The largest absolute Gasteiger partial charge is 0.495 e. The summed E-state index contributed by atoms with van der Waals surface area (Å²) in [6, 6.07) is 5.57. The van der Waals surface area contributed by atoms with Crippen molar-refractivity contribution in [3.05, 3.63) is 28.8 Å². The molecule has 0 radical (unpaired) electrons. The zero-order valence-electron chi connectivity index (χ0n) is 10.9. The predicted molar refractivity (Wildman–Crippen MR) is 73.5 cm³/mol. The minimum atomic E-state index is 0.136. The van der Waals surface area contributed by atoms with Crippen molar-refractivity contribution in [2.24, 2.45) is 5.92 Å². The molecule has 0 bridgehead atoms. The van der Waals surface area contributed by atoms with Crippen LogP contribution < -0.4 is 4.74 Å². The molecule has 5 heteroatoms. The summed E-state index contributed by atoms with van der Waals surface area (Å²) >= 11 is 6.04. The standard InChI is InChI=1S/C14H18ClNO3/c1-19-13-4-2-10(6-12(13)15)3-5-14(18)16-7-11(8-16)9-17/h2,4,6,11,17H,3,5,7-9H2,1H3. The first-order valence-corrected chi connectivity index (χ1v) is 6.73. The Bertz CT molecular complexity index is 458. The molecule has 0 aliphatic carbocycles. The van der Waals surface area contributed by atoms with Crippen molar-refractivity contribution >= 4 is 17.5 Å². The third-order valence-corrected chi connectivity index (χ3v) is 3.71. The van der Waals surface area contributed by atoms with Gasteiger partial charge in [-0.25, -0.2) is 0 Å². The maximum atomic E-state index is 11.9. The Hall–Kier alpha value is -1.26. The molecule has 1 aromatic carbocycles. The van der Waals surface area contributed by atoms with Gasteiger partial charge in [0.2, 0.25) is 5.91 Å². The van der Waals surface area contributed by atoms with Crippen LogP contribution in [0.5, 0.6) is 5.75 Å². The summed E-state index contributed by atoms with van der Waals surface area (Å²) in [6.45, 7) is 1.52. The van der Waals surface area contributed by atoms with Crippen molar-refractivity contribution in [1.29, 1.82) is 0 Å². The van der Waals surface area contributed by atoms with Crippen LogP contribution in [0.2, 0.25) is 5.02 Å². The van der Waals surface area contributed by atoms with Crippen molar-refractivity contribution in [3.8, 4) is 5.75 Å². The molecule has 1 aromatic rings. The van der Waals surface area contributed by atoms with Gasteiger partial charge in [-0.1, -0.05) is 17.7 Å². The lowest BCUT2D eigenvalue weighted by molar-refractivity contribution is -0.138. The number of carbonyl (C=O) groups excluding carboxylic acids is 1. The third kappa shape index (κ3) is 3.39. The summed E-state index contributed by atoms with van der Waals surface area (Å²) in [4.78, 5) is 13.6. The number of carbonyl (C=O) groups is 1. The maximum Gasteiger partial charge on any atom is 0.222 e. The first kappa shape index (κ1) is 14.2. The lowest BCUT2D eigenvalue weighted by Gasteiger charge is -2.38. The van der Waals surface area contributed by atoms with Crippen molar-refractivity contribution in [1.82, 2.24) is 4.90 Å². The Morgan fingerprint density at radius 2 is 2.26 bits per heavy atom. The third-order valence-electron chi connectivity index (χ3n) is 3.41. The Morgan fingerprint density at radius 1 is 1.53 bits per heavy atom. The molecule has 104 valence electrons. The number of halogens is 1. The van der Waals surface area contributed by atoms with E-state index >= 15 is 0 Å². The molecule has 0 unspecified atom stereocenters. The van der Waals surface area contributed by atoms with Gasteiger partial charge >= 0.3 is 0 Å². The van der Waals surface area contributed by atoms with E-state index in [2.05, 4.69) is 0 Å². The van der Waals surface area contributed by atoms with E-state index in [1.807, 2.05) is 18.2 Å². The quantitative estimate of drug-likeness (QED) is 0.895. The topological polar surface area (TPSA) is 49.8 Å². The summed E-state index contributed by atoms with van der Waals surface area (Å²) in [5.41, 5.74) is 1.03. The van der Waals surface area contributed by atoms with Gasteiger partial charge in [0.15, 0.2) is 0 Å². The van der Waals surface area contributed by atoms with Gasteiger partial charge in [-0.15, -0.1) is 0 Å². The molecule has 2 rings (SSSR count). The van der Waals surface area contributed by atoms with Crippen molar-refractivity contribution in [2.45, 2.75) is 12.8 Å². The first-order chi connectivity index (χ1) is 9.13. The Kier molecular flexibility index (Phi) is 4.66. The fourth-order valence-corrected chi connectivity index (χ4v) is 2.44. The van der Waals surface area contributed by atoms with E-state index in [9.17, 15) is 4.79 Å². The molecule has 4 nitrogen and oxygen atoms in total. The molecule has 1 heterocycles. The normalized spacial score (nSPS) is 15.2. The number of ether oxygens (including phenoxy) is 1. The van der Waals surface area contributed by atoms with E-state index in [4.69, 9.17) is 21.4 Å². The van der Waals surface area contributed by atoms with E-state index in [0.29, 0.717) is 36.7 Å². The molecule has 0 aromatic heterocycles. The zero-order valence-corrected chi connectivity index (χ0v) is 11.7. The van der Waals surface area contributed by atoms with Crippen LogP contribution in [0.4, 0.5) is 0 Å². The Balaban J connectivity index is 1.82. The molecule has 1 aliphatic rings. The highest BCUT2D eigenvalue weighted by atomic mass is 35.5. The van der Waals surface area contributed by atoms with Gasteiger partial charge in [0.1, 0.15) is 5.75 Å². The zero-order chi connectivity index (χ0) is 13.8. The van der Waals surface area contributed by atoms with Crippen LogP contribution in [0.3, 0.4) is 0 Å². The molecule has 0 saturated carbocycles. The van der Waals surface area contributed by atoms with Gasteiger partial charge in [0.05, 0.1) is 12.1 Å². The molecule has 1 fully saturated rings. The summed E-state index contributed by atoms with van der Waals surface area (Å²) < 4.78 is 5.08. The molecule has 0 atom stereocenters. The number of hydrogen-bond acceptors (Lipinski definition) is 3. The van der Waals surface area contributed by atoms with Crippen molar-refractivity contribution < 1.29 is 14.6 Å². The summed E-state index contributed by atoms with van der Waals surface area (Å²) in [5.74, 6) is 1.04. The Labute approximate surface area is 117 Å². The highest BCUT2D eigenvalue weighted by molar-refractivity contribution is 6.32. The van der Waals surface area contributed by atoms with E-state index in [1.165, 1.54) is 0 Å². The van der Waals surface area contributed by atoms with Crippen LogP contribution in [0.25, 0.3) is 0 Å². The molecular formula is C14H18ClNO3. The van der Waals surface area contributed by atoms with E-state index in [1.54, 1.807) is 12.0 Å².